The van der Waals surface area contributed by atoms with Crippen molar-refractivity contribution in [3.63, 3.8) is 0 Å². The highest BCUT2D eigenvalue weighted by Gasteiger charge is 2.38. The molecule has 0 amide bonds. The van der Waals surface area contributed by atoms with E-state index in [2.05, 4.69) is 10.3 Å². The van der Waals surface area contributed by atoms with E-state index in [-0.39, 0.29) is 0 Å². The van der Waals surface area contributed by atoms with Crippen molar-refractivity contribution in [1.29, 1.82) is 0 Å². The molecule has 0 spiro atoms. The summed E-state index contributed by atoms with van der Waals surface area (Å²) in [6, 6.07) is 35.1. The first kappa shape index (κ1) is 18.2. The van der Waals surface area contributed by atoms with Gasteiger partial charge >= 0.3 is 0 Å². The zero-order valence-electron chi connectivity index (χ0n) is 15.3. The minimum Gasteiger partial charge on any atom is -0.356 e. The number of benzene rings is 3. The molecule has 4 rings (SSSR count). The maximum Gasteiger partial charge on any atom is 0.168 e. The van der Waals surface area contributed by atoms with Crippen LogP contribution in [0.4, 0.5) is 5.82 Å². The maximum atomic E-state index is 14.8. The standard InChI is InChI=1S/C24H21N2OP/c27-28(21-14-6-2-7-15-21,22-16-8-3-9-17-22)24(20-12-4-1-5-13-20)26-23-18-10-11-19-25-23/h1-19,24H,(H,25,26)/t24-/m1/s1. The average Bonchev–Trinajstić information content (AvgIpc) is 2.79. The molecule has 0 saturated carbocycles. The molecule has 0 fully saturated rings. The van der Waals surface area contributed by atoms with Crippen molar-refractivity contribution in [2.24, 2.45) is 0 Å². The lowest BCUT2D eigenvalue weighted by Crippen LogP contribution is -2.26. The van der Waals surface area contributed by atoms with Crippen molar-refractivity contribution in [3.05, 3.63) is 121 Å². The van der Waals surface area contributed by atoms with Gasteiger partial charge in [-0.3, -0.25) is 0 Å². The van der Waals surface area contributed by atoms with E-state index in [9.17, 15) is 4.57 Å². The van der Waals surface area contributed by atoms with E-state index in [0.717, 1.165) is 16.2 Å². The van der Waals surface area contributed by atoms with E-state index in [4.69, 9.17) is 0 Å². The zero-order valence-corrected chi connectivity index (χ0v) is 16.2. The Kier molecular flexibility index (Phi) is 5.36. The van der Waals surface area contributed by atoms with Crippen LogP contribution < -0.4 is 15.9 Å². The van der Waals surface area contributed by atoms with Crippen molar-refractivity contribution in [2.75, 3.05) is 5.32 Å². The Hall–Kier alpha value is -3.16. The van der Waals surface area contributed by atoms with Crippen LogP contribution in [0.5, 0.6) is 0 Å². The second-order valence-corrected chi connectivity index (χ2v) is 9.37. The lowest BCUT2D eigenvalue weighted by Gasteiger charge is -2.30. The molecule has 0 bridgehead atoms. The monoisotopic (exact) mass is 384 g/mol. The molecule has 1 heterocycles. The highest BCUT2D eigenvalue weighted by molar-refractivity contribution is 7.79. The highest BCUT2D eigenvalue weighted by Crippen LogP contribution is 2.56. The number of pyridine rings is 1. The van der Waals surface area contributed by atoms with E-state index in [1.807, 2.05) is 109 Å². The smallest absolute Gasteiger partial charge is 0.168 e. The summed E-state index contributed by atoms with van der Waals surface area (Å²) in [4.78, 5) is 4.41. The lowest BCUT2D eigenvalue weighted by molar-refractivity contribution is 0.581. The van der Waals surface area contributed by atoms with Gasteiger partial charge in [0.1, 0.15) is 11.6 Å². The van der Waals surface area contributed by atoms with Crippen LogP contribution in [0, 0.1) is 0 Å². The molecule has 4 aromatic rings. The van der Waals surface area contributed by atoms with Crippen LogP contribution in [0.1, 0.15) is 11.3 Å². The Balaban J connectivity index is 1.93. The van der Waals surface area contributed by atoms with Gasteiger partial charge in [0.15, 0.2) is 7.14 Å². The summed E-state index contributed by atoms with van der Waals surface area (Å²) < 4.78 is 14.8. The van der Waals surface area contributed by atoms with Gasteiger partial charge in [-0.2, -0.15) is 0 Å². The van der Waals surface area contributed by atoms with Gasteiger partial charge in [0, 0.05) is 16.8 Å². The van der Waals surface area contributed by atoms with Crippen molar-refractivity contribution >= 4 is 23.6 Å². The molecule has 3 nitrogen and oxygen atoms in total. The van der Waals surface area contributed by atoms with Gasteiger partial charge in [-0.1, -0.05) is 97.1 Å². The minimum atomic E-state index is -3.07. The number of rotatable bonds is 6. The summed E-state index contributed by atoms with van der Waals surface area (Å²) in [5.41, 5.74) is 0.962. The first-order chi connectivity index (χ1) is 13.8. The van der Waals surface area contributed by atoms with Crippen molar-refractivity contribution in [2.45, 2.75) is 5.78 Å². The summed E-state index contributed by atoms with van der Waals surface area (Å²) in [7, 11) is -3.07. The van der Waals surface area contributed by atoms with E-state index in [0.29, 0.717) is 5.82 Å². The van der Waals surface area contributed by atoms with Crippen LogP contribution in [-0.2, 0) is 4.57 Å². The third-order valence-electron chi connectivity index (χ3n) is 4.71. The SMILES string of the molecule is O=P(c1ccccc1)(c1ccccc1)[C@@H](Nc1ccccn1)c1ccccc1. The highest BCUT2D eigenvalue weighted by atomic mass is 31.2. The van der Waals surface area contributed by atoms with Crippen molar-refractivity contribution < 1.29 is 4.57 Å². The van der Waals surface area contributed by atoms with Crippen LogP contribution >= 0.6 is 7.14 Å². The van der Waals surface area contributed by atoms with Crippen molar-refractivity contribution in [1.82, 2.24) is 4.98 Å². The van der Waals surface area contributed by atoms with Crippen LogP contribution in [-0.4, -0.2) is 4.98 Å². The first-order valence-corrected chi connectivity index (χ1v) is 11.0. The largest absolute Gasteiger partial charge is 0.356 e. The van der Waals surface area contributed by atoms with Gasteiger partial charge < -0.3 is 9.88 Å². The quantitative estimate of drug-likeness (QED) is 0.464. The van der Waals surface area contributed by atoms with Crippen LogP contribution in [0.3, 0.4) is 0 Å². The molecule has 0 unspecified atom stereocenters. The number of nitrogens with zero attached hydrogens (tertiary/aromatic N) is 1. The fraction of sp³-hybridized carbons (Fsp3) is 0.0417. The molecule has 0 aliphatic rings. The zero-order chi connectivity index (χ0) is 19.2. The molecular formula is C24H21N2OP. The van der Waals surface area contributed by atoms with Crippen molar-refractivity contribution in [3.8, 4) is 0 Å². The molecule has 1 aromatic heterocycles. The number of anilines is 1. The Morgan fingerprint density at radius 1 is 0.643 bits per heavy atom. The molecule has 28 heavy (non-hydrogen) atoms. The average molecular weight is 384 g/mol. The van der Waals surface area contributed by atoms with Gasteiger partial charge in [0.25, 0.3) is 0 Å². The molecule has 0 aliphatic heterocycles. The van der Waals surface area contributed by atoms with Gasteiger partial charge in [-0.25, -0.2) is 4.98 Å². The Bertz CT molecular complexity index is 1010. The fourth-order valence-electron chi connectivity index (χ4n) is 3.35. The molecule has 0 radical (unpaired) electrons. The van der Waals surface area contributed by atoms with Crippen LogP contribution in [0.15, 0.2) is 115 Å². The number of hydrogen-bond acceptors (Lipinski definition) is 3. The topological polar surface area (TPSA) is 42.0 Å². The molecule has 4 heteroatoms. The molecule has 1 atom stereocenters. The van der Waals surface area contributed by atoms with E-state index in [1.54, 1.807) is 6.20 Å². The molecule has 3 aromatic carbocycles. The molecular weight excluding hydrogens is 363 g/mol. The van der Waals surface area contributed by atoms with Crippen LogP contribution in [0.2, 0.25) is 0 Å². The summed E-state index contributed by atoms with van der Waals surface area (Å²) >= 11 is 0. The Morgan fingerprint density at radius 2 is 1.14 bits per heavy atom. The van der Waals surface area contributed by atoms with E-state index >= 15 is 0 Å². The Labute approximate surface area is 165 Å². The van der Waals surface area contributed by atoms with E-state index < -0.39 is 12.9 Å². The summed E-state index contributed by atoms with van der Waals surface area (Å²) in [6.45, 7) is 0. The predicted octanol–water partition coefficient (Wildman–Crippen LogP) is 5.21. The second kappa shape index (κ2) is 8.24. The summed E-state index contributed by atoms with van der Waals surface area (Å²) in [5.74, 6) is 0.261. The first-order valence-electron chi connectivity index (χ1n) is 9.22. The maximum absolute atomic E-state index is 14.8. The number of aromatic nitrogens is 1. The third kappa shape index (κ3) is 3.62. The van der Waals surface area contributed by atoms with Gasteiger partial charge in [-0.05, 0) is 17.7 Å². The second-order valence-electron chi connectivity index (χ2n) is 6.50. The van der Waals surface area contributed by atoms with Gasteiger partial charge in [0.2, 0.25) is 0 Å². The van der Waals surface area contributed by atoms with Crippen LogP contribution in [0.25, 0.3) is 0 Å². The normalized spacial score (nSPS) is 12.3. The molecule has 138 valence electrons. The molecule has 1 N–H and O–H groups in total. The third-order valence-corrected chi connectivity index (χ3v) is 7.99. The predicted molar refractivity (Wildman–Crippen MR) is 117 cm³/mol. The van der Waals surface area contributed by atoms with Gasteiger partial charge in [-0.15, -0.1) is 0 Å². The lowest BCUT2D eigenvalue weighted by atomic mass is 10.2. The number of nitrogens with one attached hydrogen (secondary N) is 1. The fourth-order valence-corrected chi connectivity index (χ4v) is 6.38. The Morgan fingerprint density at radius 3 is 1.64 bits per heavy atom. The number of hydrogen-bond donors (Lipinski definition) is 1. The van der Waals surface area contributed by atoms with E-state index in [1.165, 1.54) is 0 Å². The van der Waals surface area contributed by atoms with Gasteiger partial charge in [0.05, 0.1) is 0 Å². The summed E-state index contributed by atoms with van der Waals surface area (Å²) in [5, 5.41) is 5.09. The minimum absolute atomic E-state index is 0.437. The molecule has 0 saturated heterocycles. The summed E-state index contributed by atoms with van der Waals surface area (Å²) in [6.07, 6.45) is 1.74. The molecule has 0 aliphatic carbocycles.